The van der Waals surface area contributed by atoms with Crippen molar-refractivity contribution in [2.75, 3.05) is 5.88 Å². The number of halogens is 1. The molecule has 0 radical (unpaired) electrons. The molecule has 0 unspecified atom stereocenters. The Balaban J connectivity index is 2.40. The quantitative estimate of drug-likeness (QED) is 0.762. The maximum atomic E-state index is 11.6. The maximum Gasteiger partial charge on any atom is 0.243 e. The van der Waals surface area contributed by atoms with Crippen LogP contribution in [0.4, 0.5) is 0 Å². The number of nitrogens with two attached hydrogens (primary N) is 1. The highest BCUT2D eigenvalue weighted by atomic mass is 35.5. The van der Waals surface area contributed by atoms with Crippen molar-refractivity contribution in [3.63, 3.8) is 0 Å². The summed E-state index contributed by atoms with van der Waals surface area (Å²) in [5.74, 6) is -0.375. The summed E-state index contributed by atoms with van der Waals surface area (Å²) >= 11 is 5.46. The number of amides is 2. The molecule has 0 fully saturated rings. The van der Waals surface area contributed by atoms with E-state index in [4.69, 9.17) is 17.3 Å². The normalized spacial score (nSPS) is 11.9. The van der Waals surface area contributed by atoms with Gasteiger partial charge in [0.15, 0.2) is 0 Å². The summed E-state index contributed by atoms with van der Waals surface area (Å²) in [6, 6.07) is 8.72. The van der Waals surface area contributed by atoms with Crippen LogP contribution in [-0.4, -0.2) is 23.7 Å². The van der Waals surface area contributed by atoms with E-state index in [2.05, 4.69) is 5.32 Å². The summed E-state index contributed by atoms with van der Waals surface area (Å²) in [5.41, 5.74) is 6.70. The molecule has 0 heterocycles. The van der Waals surface area contributed by atoms with Crippen LogP contribution in [0.5, 0.6) is 0 Å². The number of nitrogens with one attached hydrogen (secondary N) is 1. The van der Waals surface area contributed by atoms with Crippen molar-refractivity contribution >= 4 is 23.4 Å². The third kappa shape index (κ3) is 5.29. The molecule has 0 spiro atoms. The molecule has 98 valence electrons. The monoisotopic (exact) mass is 268 g/mol. The van der Waals surface area contributed by atoms with E-state index in [1.54, 1.807) is 0 Å². The van der Waals surface area contributed by atoms with Crippen LogP contribution in [0, 0.1) is 0 Å². The van der Waals surface area contributed by atoms with E-state index in [0.29, 0.717) is 18.7 Å². The molecule has 1 aromatic carbocycles. The summed E-state index contributed by atoms with van der Waals surface area (Å²) in [6.07, 6.45) is 1.21. The summed E-state index contributed by atoms with van der Waals surface area (Å²) < 4.78 is 0. The van der Waals surface area contributed by atoms with Crippen molar-refractivity contribution in [2.24, 2.45) is 5.73 Å². The third-order valence-electron chi connectivity index (χ3n) is 2.44. The lowest BCUT2D eigenvalue weighted by atomic mass is 10.1. The zero-order chi connectivity index (χ0) is 13.4. The Labute approximate surface area is 112 Å². The lowest BCUT2D eigenvalue weighted by molar-refractivity contribution is -0.131. The summed E-state index contributed by atoms with van der Waals surface area (Å²) in [7, 11) is 0. The fourth-order valence-corrected chi connectivity index (χ4v) is 1.61. The van der Waals surface area contributed by atoms with Gasteiger partial charge in [0.05, 0.1) is 6.04 Å². The SMILES string of the molecule is N[C@@H](Cc1ccccc1)C(=O)NC(=O)CCCCl. The van der Waals surface area contributed by atoms with Gasteiger partial charge in [-0.15, -0.1) is 11.6 Å². The predicted octanol–water partition coefficient (Wildman–Crippen LogP) is 1.22. The topological polar surface area (TPSA) is 72.2 Å². The Morgan fingerprint density at radius 3 is 2.56 bits per heavy atom. The number of carbonyl (C=O) groups is 2. The van der Waals surface area contributed by atoms with Crippen molar-refractivity contribution in [1.29, 1.82) is 0 Å². The van der Waals surface area contributed by atoms with Crippen LogP contribution in [0.3, 0.4) is 0 Å². The van der Waals surface area contributed by atoms with Gasteiger partial charge in [0.1, 0.15) is 0 Å². The highest BCUT2D eigenvalue weighted by molar-refractivity contribution is 6.18. The Kier molecular flexibility index (Phi) is 6.39. The van der Waals surface area contributed by atoms with Gasteiger partial charge in [-0.25, -0.2) is 0 Å². The van der Waals surface area contributed by atoms with Crippen LogP contribution >= 0.6 is 11.6 Å². The van der Waals surface area contributed by atoms with Crippen LogP contribution in [0.15, 0.2) is 30.3 Å². The van der Waals surface area contributed by atoms with Crippen LogP contribution in [0.1, 0.15) is 18.4 Å². The molecule has 18 heavy (non-hydrogen) atoms. The molecule has 1 aromatic rings. The molecular weight excluding hydrogens is 252 g/mol. The van der Waals surface area contributed by atoms with Crippen molar-refractivity contribution in [1.82, 2.24) is 5.32 Å². The number of benzene rings is 1. The number of imide groups is 1. The van der Waals surface area contributed by atoms with Crippen molar-refractivity contribution in [2.45, 2.75) is 25.3 Å². The third-order valence-corrected chi connectivity index (χ3v) is 2.70. The molecule has 0 bridgehead atoms. The zero-order valence-corrected chi connectivity index (χ0v) is 10.8. The molecular formula is C13H17ClN2O2. The largest absolute Gasteiger partial charge is 0.320 e. The Hall–Kier alpha value is -1.39. The lowest BCUT2D eigenvalue weighted by Gasteiger charge is -2.11. The van der Waals surface area contributed by atoms with E-state index >= 15 is 0 Å². The van der Waals surface area contributed by atoms with Gasteiger partial charge in [0.25, 0.3) is 0 Å². The minimum Gasteiger partial charge on any atom is -0.320 e. The molecule has 1 atom stereocenters. The van der Waals surface area contributed by atoms with Gasteiger partial charge in [-0.2, -0.15) is 0 Å². The summed E-state index contributed by atoms with van der Waals surface area (Å²) in [6.45, 7) is 0. The van der Waals surface area contributed by atoms with Crippen LogP contribution in [0.2, 0.25) is 0 Å². The van der Waals surface area contributed by atoms with E-state index in [1.165, 1.54) is 0 Å². The van der Waals surface area contributed by atoms with Gasteiger partial charge in [-0.1, -0.05) is 30.3 Å². The fourth-order valence-electron chi connectivity index (χ4n) is 1.48. The van der Waals surface area contributed by atoms with Crippen molar-refractivity contribution in [3.8, 4) is 0 Å². The minimum absolute atomic E-state index is 0.243. The summed E-state index contributed by atoms with van der Waals surface area (Å²) in [4.78, 5) is 23.0. The van der Waals surface area contributed by atoms with Crippen molar-refractivity contribution < 1.29 is 9.59 Å². The second-order valence-corrected chi connectivity index (χ2v) is 4.38. The first kappa shape index (κ1) is 14.7. The van der Waals surface area contributed by atoms with Gasteiger partial charge in [-0.3, -0.25) is 14.9 Å². The molecule has 0 aromatic heterocycles. The van der Waals surface area contributed by atoms with E-state index in [0.717, 1.165) is 5.56 Å². The minimum atomic E-state index is -0.715. The van der Waals surface area contributed by atoms with E-state index in [9.17, 15) is 9.59 Å². The first-order chi connectivity index (χ1) is 8.63. The molecule has 0 saturated carbocycles. The smallest absolute Gasteiger partial charge is 0.243 e. The molecule has 0 saturated heterocycles. The molecule has 5 heteroatoms. The molecule has 1 rings (SSSR count). The maximum absolute atomic E-state index is 11.6. The van der Waals surface area contributed by atoms with E-state index in [1.807, 2.05) is 30.3 Å². The molecule has 2 amide bonds. The lowest BCUT2D eigenvalue weighted by Crippen LogP contribution is -2.44. The van der Waals surface area contributed by atoms with Gasteiger partial charge < -0.3 is 5.73 Å². The van der Waals surface area contributed by atoms with Gasteiger partial charge >= 0.3 is 0 Å². The first-order valence-electron chi connectivity index (χ1n) is 5.82. The van der Waals surface area contributed by atoms with Gasteiger partial charge in [-0.05, 0) is 18.4 Å². The average Bonchev–Trinajstić information content (AvgIpc) is 2.37. The fraction of sp³-hybridized carbons (Fsp3) is 0.385. The van der Waals surface area contributed by atoms with Crippen LogP contribution in [0.25, 0.3) is 0 Å². The number of carbonyl (C=O) groups excluding carboxylic acids is 2. The van der Waals surface area contributed by atoms with E-state index in [-0.39, 0.29) is 12.3 Å². The highest BCUT2D eigenvalue weighted by Crippen LogP contribution is 2.02. The number of alkyl halides is 1. The second-order valence-electron chi connectivity index (χ2n) is 4.00. The Bertz CT molecular complexity index is 395. The molecule has 3 N–H and O–H groups in total. The second kappa shape index (κ2) is 7.84. The predicted molar refractivity (Wildman–Crippen MR) is 71.2 cm³/mol. The standard InChI is InChI=1S/C13H17ClN2O2/c14-8-4-7-12(17)16-13(18)11(15)9-10-5-2-1-3-6-10/h1-3,5-6,11H,4,7-9,15H2,(H,16,17,18)/t11-/m0/s1. The highest BCUT2D eigenvalue weighted by Gasteiger charge is 2.16. The number of hydrogen-bond donors (Lipinski definition) is 2. The van der Waals surface area contributed by atoms with Gasteiger partial charge in [0, 0.05) is 12.3 Å². The summed E-state index contributed by atoms with van der Waals surface area (Å²) in [5, 5.41) is 2.27. The Morgan fingerprint density at radius 1 is 1.28 bits per heavy atom. The Morgan fingerprint density at radius 2 is 1.94 bits per heavy atom. The molecule has 4 nitrogen and oxygen atoms in total. The number of rotatable bonds is 6. The molecule has 0 aliphatic carbocycles. The van der Waals surface area contributed by atoms with Gasteiger partial charge in [0.2, 0.25) is 11.8 Å². The van der Waals surface area contributed by atoms with E-state index < -0.39 is 11.9 Å². The average molecular weight is 269 g/mol. The van der Waals surface area contributed by atoms with Crippen molar-refractivity contribution in [3.05, 3.63) is 35.9 Å². The zero-order valence-electron chi connectivity index (χ0n) is 10.1. The first-order valence-corrected chi connectivity index (χ1v) is 6.36. The van der Waals surface area contributed by atoms with Crippen LogP contribution < -0.4 is 11.1 Å². The molecule has 0 aliphatic rings. The number of hydrogen-bond acceptors (Lipinski definition) is 3. The molecule has 0 aliphatic heterocycles. The van der Waals surface area contributed by atoms with Crippen LogP contribution in [-0.2, 0) is 16.0 Å².